The quantitative estimate of drug-likeness (QED) is 0.723. The zero-order chi connectivity index (χ0) is 13.4. The van der Waals surface area contributed by atoms with Gasteiger partial charge in [0, 0.05) is 18.2 Å². The van der Waals surface area contributed by atoms with Crippen molar-refractivity contribution in [2.75, 3.05) is 6.61 Å². The van der Waals surface area contributed by atoms with Gasteiger partial charge >= 0.3 is 0 Å². The van der Waals surface area contributed by atoms with Crippen molar-refractivity contribution < 1.29 is 9.13 Å². The smallest absolute Gasteiger partial charge is 0.218 e. The second-order valence-corrected chi connectivity index (χ2v) is 4.71. The van der Waals surface area contributed by atoms with Gasteiger partial charge in [-0.3, -0.25) is 0 Å². The lowest BCUT2D eigenvalue weighted by Gasteiger charge is -2.12. The van der Waals surface area contributed by atoms with E-state index in [1.54, 1.807) is 0 Å². The van der Waals surface area contributed by atoms with Gasteiger partial charge in [0.25, 0.3) is 0 Å². The second kappa shape index (κ2) is 8.03. The molecule has 0 saturated carbocycles. The summed E-state index contributed by atoms with van der Waals surface area (Å²) < 4.78 is 18.8. The van der Waals surface area contributed by atoms with Crippen LogP contribution in [0.4, 0.5) is 4.39 Å². The maximum absolute atomic E-state index is 13.2. The van der Waals surface area contributed by atoms with E-state index in [0.717, 1.165) is 24.8 Å². The van der Waals surface area contributed by atoms with Crippen molar-refractivity contribution in [3.63, 3.8) is 0 Å². The molecular formula is C14H23FN2O. The summed E-state index contributed by atoms with van der Waals surface area (Å²) in [4.78, 5) is 4.02. The fourth-order valence-corrected chi connectivity index (χ4v) is 1.56. The topological polar surface area (TPSA) is 34.1 Å². The lowest BCUT2D eigenvalue weighted by Crippen LogP contribution is -2.22. The number of halogens is 1. The molecule has 1 rings (SSSR count). The number of nitrogens with zero attached hydrogens (tertiary/aromatic N) is 1. The van der Waals surface area contributed by atoms with E-state index in [0.29, 0.717) is 25.1 Å². The molecule has 0 atom stereocenters. The lowest BCUT2D eigenvalue weighted by atomic mass is 10.2. The van der Waals surface area contributed by atoms with Crippen LogP contribution in [0, 0.1) is 5.82 Å². The molecule has 0 aliphatic rings. The summed E-state index contributed by atoms with van der Waals surface area (Å²) in [6, 6.07) is 1.83. The summed E-state index contributed by atoms with van der Waals surface area (Å²) in [5, 5.41) is 3.24. The Kier molecular flexibility index (Phi) is 6.65. The van der Waals surface area contributed by atoms with Crippen molar-refractivity contribution in [3.8, 4) is 5.88 Å². The van der Waals surface area contributed by atoms with Crippen LogP contribution in [0.3, 0.4) is 0 Å². The summed E-state index contributed by atoms with van der Waals surface area (Å²) in [5.41, 5.74) is 0.778. The SMILES string of the molecule is CCCCCOc1ncc(F)cc1CNC(C)C. The minimum Gasteiger partial charge on any atom is -0.477 e. The number of nitrogens with one attached hydrogen (secondary N) is 1. The lowest BCUT2D eigenvalue weighted by molar-refractivity contribution is 0.289. The van der Waals surface area contributed by atoms with Crippen molar-refractivity contribution in [1.29, 1.82) is 0 Å². The first-order valence-corrected chi connectivity index (χ1v) is 6.64. The van der Waals surface area contributed by atoms with Crippen LogP contribution in [-0.2, 0) is 6.54 Å². The van der Waals surface area contributed by atoms with Crippen LogP contribution in [0.25, 0.3) is 0 Å². The van der Waals surface area contributed by atoms with E-state index >= 15 is 0 Å². The standard InChI is InChI=1S/C14H23FN2O/c1-4-5-6-7-18-14-12(9-16-11(2)3)8-13(15)10-17-14/h8,10-11,16H,4-7,9H2,1-3H3. The number of unbranched alkanes of at least 4 members (excludes halogenated alkanes) is 2. The first-order chi connectivity index (χ1) is 8.63. The van der Waals surface area contributed by atoms with Gasteiger partial charge in [-0.25, -0.2) is 9.37 Å². The second-order valence-electron chi connectivity index (χ2n) is 4.71. The first-order valence-electron chi connectivity index (χ1n) is 6.64. The molecule has 1 aromatic rings. The highest BCUT2D eigenvalue weighted by atomic mass is 19.1. The molecule has 0 aliphatic heterocycles. The molecule has 4 heteroatoms. The third-order valence-electron chi connectivity index (χ3n) is 2.58. The first kappa shape index (κ1) is 14.9. The van der Waals surface area contributed by atoms with Crippen molar-refractivity contribution in [2.24, 2.45) is 0 Å². The van der Waals surface area contributed by atoms with Crippen LogP contribution in [0.15, 0.2) is 12.3 Å². The highest BCUT2D eigenvalue weighted by Crippen LogP contribution is 2.16. The summed E-state index contributed by atoms with van der Waals surface area (Å²) in [7, 11) is 0. The maximum Gasteiger partial charge on any atom is 0.218 e. The average molecular weight is 254 g/mol. The average Bonchev–Trinajstić information content (AvgIpc) is 2.34. The maximum atomic E-state index is 13.2. The Labute approximate surface area is 109 Å². The van der Waals surface area contributed by atoms with Gasteiger partial charge in [-0.05, 0) is 12.5 Å². The molecule has 18 heavy (non-hydrogen) atoms. The number of hydrogen-bond donors (Lipinski definition) is 1. The molecule has 0 amide bonds. The van der Waals surface area contributed by atoms with Crippen LogP contribution < -0.4 is 10.1 Å². The van der Waals surface area contributed by atoms with Gasteiger partial charge in [-0.1, -0.05) is 33.6 Å². The van der Waals surface area contributed by atoms with E-state index < -0.39 is 0 Å². The van der Waals surface area contributed by atoms with Crippen LogP contribution in [-0.4, -0.2) is 17.6 Å². The molecule has 0 fully saturated rings. The van der Waals surface area contributed by atoms with E-state index in [1.165, 1.54) is 12.3 Å². The molecule has 0 aromatic carbocycles. The molecule has 0 bridgehead atoms. The normalized spacial score (nSPS) is 10.9. The molecule has 1 N–H and O–H groups in total. The molecule has 1 heterocycles. The number of hydrogen-bond acceptors (Lipinski definition) is 3. The Morgan fingerprint density at radius 1 is 1.39 bits per heavy atom. The predicted molar refractivity (Wildman–Crippen MR) is 71.2 cm³/mol. The molecule has 0 unspecified atom stereocenters. The van der Waals surface area contributed by atoms with Crippen molar-refractivity contribution in [1.82, 2.24) is 10.3 Å². The number of pyridine rings is 1. The van der Waals surface area contributed by atoms with Gasteiger partial charge in [0.2, 0.25) is 5.88 Å². The van der Waals surface area contributed by atoms with E-state index in [4.69, 9.17) is 4.74 Å². The van der Waals surface area contributed by atoms with Crippen molar-refractivity contribution in [2.45, 2.75) is 52.6 Å². The minimum absolute atomic E-state index is 0.323. The fraction of sp³-hybridized carbons (Fsp3) is 0.643. The summed E-state index contributed by atoms with van der Waals surface area (Å²) in [6.45, 7) is 7.46. The molecule has 1 aromatic heterocycles. The molecule has 0 saturated heterocycles. The van der Waals surface area contributed by atoms with Gasteiger partial charge in [0.05, 0.1) is 12.8 Å². The van der Waals surface area contributed by atoms with E-state index in [1.807, 2.05) is 0 Å². The fourth-order valence-electron chi connectivity index (χ4n) is 1.56. The van der Waals surface area contributed by atoms with E-state index in [-0.39, 0.29) is 5.82 Å². The zero-order valence-electron chi connectivity index (χ0n) is 11.5. The van der Waals surface area contributed by atoms with Gasteiger partial charge in [0.1, 0.15) is 5.82 Å². The van der Waals surface area contributed by atoms with Gasteiger partial charge in [-0.2, -0.15) is 0 Å². The molecule has 102 valence electrons. The van der Waals surface area contributed by atoms with Crippen LogP contribution in [0.2, 0.25) is 0 Å². The van der Waals surface area contributed by atoms with Crippen LogP contribution in [0.5, 0.6) is 5.88 Å². The Morgan fingerprint density at radius 3 is 2.83 bits per heavy atom. The zero-order valence-corrected chi connectivity index (χ0v) is 11.5. The van der Waals surface area contributed by atoms with Gasteiger partial charge < -0.3 is 10.1 Å². The Hall–Kier alpha value is -1.16. The molecule has 0 spiro atoms. The molecular weight excluding hydrogens is 231 g/mol. The van der Waals surface area contributed by atoms with E-state index in [2.05, 4.69) is 31.1 Å². The van der Waals surface area contributed by atoms with E-state index in [9.17, 15) is 4.39 Å². The number of ether oxygens (including phenoxy) is 1. The summed E-state index contributed by atoms with van der Waals surface area (Å²) in [5.74, 6) is 0.220. The Balaban J connectivity index is 2.58. The highest BCUT2D eigenvalue weighted by Gasteiger charge is 2.07. The Morgan fingerprint density at radius 2 is 2.17 bits per heavy atom. The van der Waals surface area contributed by atoms with Gasteiger partial charge in [-0.15, -0.1) is 0 Å². The highest BCUT2D eigenvalue weighted by molar-refractivity contribution is 5.26. The largest absolute Gasteiger partial charge is 0.477 e. The molecule has 0 aliphatic carbocycles. The number of rotatable bonds is 8. The van der Waals surface area contributed by atoms with Gasteiger partial charge in [0.15, 0.2) is 0 Å². The van der Waals surface area contributed by atoms with Crippen molar-refractivity contribution >= 4 is 0 Å². The minimum atomic E-state index is -0.323. The Bertz CT molecular complexity index is 356. The molecule has 3 nitrogen and oxygen atoms in total. The third-order valence-corrected chi connectivity index (χ3v) is 2.58. The number of aromatic nitrogens is 1. The summed E-state index contributed by atoms with van der Waals surface area (Å²) in [6.07, 6.45) is 4.50. The monoisotopic (exact) mass is 254 g/mol. The molecule has 0 radical (unpaired) electrons. The van der Waals surface area contributed by atoms with Crippen molar-refractivity contribution in [3.05, 3.63) is 23.6 Å². The summed E-state index contributed by atoms with van der Waals surface area (Å²) >= 11 is 0. The van der Waals surface area contributed by atoms with Crippen LogP contribution in [0.1, 0.15) is 45.6 Å². The third kappa shape index (κ3) is 5.45. The predicted octanol–water partition coefficient (Wildman–Crippen LogP) is 3.29. The van der Waals surface area contributed by atoms with Crippen LogP contribution >= 0.6 is 0 Å².